The Morgan fingerprint density at radius 2 is 1.83 bits per heavy atom. The van der Waals surface area contributed by atoms with Gasteiger partial charge in [-0.25, -0.2) is 9.59 Å². The number of carbonyl (C=O) groups is 3. The van der Waals surface area contributed by atoms with E-state index in [2.05, 4.69) is 16.1 Å². The zero-order chi connectivity index (χ0) is 17.3. The zero-order valence-electron chi connectivity index (χ0n) is 13.5. The normalized spacial score (nSPS) is 17.8. The molecule has 0 spiro atoms. The number of nitriles is 1. The van der Waals surface area contributed by atoms with Crippen LogP contribution in [0.2, 0.25) is 0 Å². The lowest BCUT2D eigenvalue weighted by Crippen LogP contribution is -2.52. The highest BCUT2D eigenvalue weighted by molar-refractivity contribution is 5.93. The Bertz CT molecular complexity index is 515. The number of nitrogens with one attached hydrogen (secondary N) is 1. The summed E-state index contributed by atoms with van der Waals surface area (Å²) in [4.78, 5) is 34.7. The molecule has 0 heterocycles. The smallest absolute Gasteiger partial charge is 0.331 e. The molecule has 1 aliphatic carbocycles. The molecule has 0 aromatic heterocycles. The molecule has 0 unspecified atom stereocenters. The van der Waals surface area contributed by atoms with E-state index in [0.717, 1.165) is 31.4 Å². The minimum atomic E-state index is -1.05. The van der Waals surface area contributed by atoms with Crippen LogP contribution >= 0.6 is 0 Å². The minimum Gasteiger partial charge on any atom is -0.463 e. The van der Waals surface area contributed by atoms with Crippen LogP contribution < -0.4 is 5.32 Å². The summed E-state index contributed by atoms with van der Waals surface area (Å²) in [6.07, 6.45) is 4.78. The molecule has 0 aromatic rings. The van der Waals surface area contributed by atoms with Crippen molar-refractivity contribution in [2.45, 2.75) is 57.6 Å². The Balaban J connectivity index is 2.51. The minimum absolute atomic E-state index is 0.202. The predicted molar refractivity (Wildman–Crippen MR) is 80.9 cm³/mol. The highest BCUT2D eigenvalue weighted by atomic mass is 16.5. The van der Waals surface area contributed by atoms with Gasteiger partial charge >= 0.3 is 11.9 Å². The molecule has 1 N–H and O–H groups in total. The van der Waals surface area contributed by atoms with Gasteiger partial charge in [0.1, 0.15) is 5.54 Å². The first-order chi connectivity index (χ1) is 10.9. The average molecular weight is 322 g/mol. The highest BCUT2D eigenvalue weighted by Gasteiger charge is 2.35. The van der Waals surface area contributed by atoms with Gasteiger partial charge in [0.05, 0.1) is 12.7 Å². The van der Waals surface area contributed by atoms with E-state index in [0.29, 0.717) is 12.8 Å². The monoisotopic (exact) mass is 322 g/mol. The molecule has 1 fully saturated rings. The molecular weight excluding hydrogens is 300 g/mol. The van der Waals surface area contributed by atoms with Crippen LogP contribution in [0.15, 0.2) is 12.2 Å². The van der Waals surface area contributed by atoms with E-state index < -0.39 is 29.5 Å². The molecule has 23 heavy (non-hydrogen) atoms. The zero-order valence-corrected chi connectivity index (χ0v) is 13.5. The number of hydrogen-bond acceptors (Lipinski definition) is 6. The molecule has 1 atom stereocenters. The first-order valence-corrected chi connectivity index (χ1v) is 7.71. The topological polar surface area (TPSA) is 105 Å². The van der Waals surface area contributed by atoms with Gasteiger partial charge in [0, 0.05) is 12.2 Å². The third kappa shape index (κ3) is 6.10. The molecule has 1 rings (SSSR count). The number of hydrogen-bond donors (Lipinski definition) is 1. The van der Waals surface area contributed by atoms with Gasteiger partial charge in [-0.05, 0) is 26.7 Å². The molecule has 1 amide bonds. The van der Waals surface area contributed by atoms with E-state index in [1.54, 1.807) is 6.92 Å². The molecule has 7 nitrogen and oxygen atoms in total. The molecule has 0 radical (unpaired) electrons. The Labute approximate surface area is 135 Å². The summed E-state index contributed by atoms with van der Waals surface area (Å²) in [6.45, 7) is 3.26. The van der Waals surface area contributed by atoms with Crippen molar-refractivity contribution in [2.24, 2.45) is 0 Å². The second-order valence-electron chi connectivity index (χ2n) is 5.41. The van der Waals surface area contributed by atoms with Crippen LogP contribution in [0, 0.1) is 11.3 Å². The quantitative estimate of drug-likeness (QED) is 0.585. The fraction of sp³-hybridized carbons (Fsp3) is 0.625. The van der Waals surface area contributed by atoms with E-state index in [1.807, 2.05) is 0 Å². The molecule has 0 saturated heterocycles. The van der Waals surface area contributed by atoms with E-state index >= 15 is 0 Å². The van der Waals surface area contributed by atoms with Crippen molar-refractivity contribution in [1.29, 1.82) is 5.26 Å². The van der Waals surface area contributed by atoms with E-state index in [-0.39, 0.29) is 6.61 Å². The van der Waals surface area contributed by atoms with Crippen LogP contribution in [0.5, 0.6) is 0 Å². The van der Waals surface area contributed by atoms with Crippen molar-refractivity contribution < 1.29 is 23.9 Å². The summed E-state index contributed by atoms with van der Waals surface area (Å²) in [5, 5.41) is 12.0. The van der Waals surface area contributed by atoms with Crippen LogP contribution in [0.3, 0.4) is 0 Å². The van der Waals surface area contributed by atoms with Crippen LogP contribution in [0.25, 0.3) is 0 Å². The van der Waals surface area contributed by atoms with Crippen molar-refractivity contribution in [1.82, 2.24) is 5.32 Å². The lowest BCUT2D eigenvalue weighted by atomic mass is 9.83. The molecule has 0 bridgehead atoms. The van der Waals surface area contributed by atoms with Gasteiger partial charge in [-0.3, -0.25) is 4.79 Å². The molecule has 0 aromatic carbocycles. The number of amides is 1. The van der Waals surface area contributed by atoms with Crippen molar-refractivity contribution in [2.75, 3.05) is 6.61 Å². The first-order valence-electron chi connectivity index (χ1n) is 7.71. The molecule has 1 saturated carbocycles. The number of esters is 2. The van der Waals surface area contributed by atoms with Crippen molar-refractivity contribution >= 4 is 17.8 Å². The second kappa shape index (κ2) is 8.93. The maximum Gasteiger partial charge on any atom is 0.331 e. The summed E-state index contributed by atoms with van der Waals surface area (Å²) in [6, 6.07) is 2.16. The number of rotatable bonds is 6. The molecular formula is C16H22N2O5. The third-order valence-corrected chi connectivity index (χ3v) is 3.59. The van der Waals surface area contributed by atoms with Gasteiger partial charge in [0.15, 0.2) is 6.10 Å². The van der Waals surface area contributed by atoms with Crippen LogP contribution in [0.1, 0.15) is 46.0 Å². The molecule has 126 valence electrons. The van der Waals surface area contributed by atoms with Gasteiger partial charge in [-0.2, -0.15) is 5.26 Å². The fourth-order valence-electron chi connectivity index (χ4n) is 2.35. The predicted octanol–water partition coefficient (Wildman–Crippen LogP) is 1.38. The summed E-state index contributed by atoms with van der Waals surface area (Å²) in [7, 11) is 0. The van der Waals surface area contributed by atoms with E-state index in [4.69, 9.17) is 4.74 Å². The lowest BCUT2D eigenvalue weighted by molar-refractivity contribution is -0.151. The molecule has 0 aliphatic heterocycles. The maximum atomic E-state index is 12.1. The average Bonchev–Trinajstić information content (AvgIpc) is 2.54. The van der Waals surface area contributed by atoms with Crippen molar-refractivity contribution in [3.05, 3.63) is 12.2 Å². The number of carbonyl (C=O) groups excluding carboxylic acids is 3. The Morgan fingerprint density at radius 1 is 1.22 bits per heavy atom. The van der Waals surface area contributed by atoms with Crippen LogP contribution in [-0.2, 0) is 23.9 Å². The summed E-state index contributed by atoms with van der Waals surface area (Å²) in [5.41, 5.74) is -0.878. The highest BCUT2D eigenvalue weighted by Crippen LogP contribution is 2.27. The first kappa shape index (κ1) is 18.7. The van der Waals surface area contributed by atoms with Crippen molar-refractivity contribution in [3.63, 3.8) is 0 Å². The Morgan fingerprint density at radius 3 is 2.39 bits per heavy atom. The number of ether oxygens (including phenoxy) is 2. The van der Waals surface area contributed by atoms with Gasteiger partial charge in [0.25, 0.3) is 5.91 Å². The molecule has 1 aliphatic rings. The van der Waals surface area contributed by atoms with E-state index in [1.165, 1.54) is 6.92 Å². The molecule has 7 heteroatoms. The summed E-state index contributed by atoms with van der Waals surface area (Å²) < 4.78 is 9.54. The van der Waals surface area contributed by atoms with Gasteiger partial charge < -0.3 is 14.8 Å². The second-order valence-corrected chi connectivity index (χ2v) is 5.41. The van der Waals surface area contributed by atoms with Gasteiger partial charge in [-0.1, -0.05) is 19.3 Å². The van der Waals surface area contributed by atoms with Crippen molar-refractivity contribution in [3.8, 4) is 6.07 Å². The lowest BCUT2D eigenvalue weighted by Gasteiger charge is -2.32. The SMILES string of the molecule is CCOC(=O)/C=C/C(=O)O[C@@H](C)C(=O)NC1(C#N)CCCCC1. The Kier molecular flexibility index (Phi) is 7.26. The third-order valence-electron chi connectivity index (χ3n) is 3.59. The maximum absolute atomic E-state index is 12.1. The fourth-order valence-corrected chi connectivity index (χ4v) is 2.35. The number of nitrogens with zero attached hydrogens (tertiary/aromatic N) is 1. The van der Waals surface area contributed by atoms with Crippen LogP contribution in [0.4, 0.5) is 0 Å². The largest absolute Gasteiger partial charge is 0.463 e. The standard InChI is InChI=1S/C16H22N2O5/c1-3-22-13(19)7-8-14(20)23-12(2)15(21)18-16(11-17)9-5-4-6-10-16/h7-8,12H,3-6,9-10H2,1-2H3,(H,18,21)/b8-7+/t12-/m0/s1. The summed E-state index contributed by atoms with van der Waals surface area (Å²) >= 11 is 0. The summed E-state index contributed by atoms with van der Waals surface area (Å²) in [5.74, 6) is -2.01. The Hall–Kier alpha value is -2.36. The van der Waals surface area contributed by atoms with Gasteiger partial charge in [0.2, 0.25) is 0 Å². The van der Waals surface area contributed by atoms with Crippen LogP contribution in [-0.4, -0.2) is 36.1 Å². The van der Waals surface area contributed by atoms with E-state index in [9.17, 15) is 19.6 Å². The van der Waals surface area contributed by atoms with Gasteiger partial charge in [-0.15, -0.1) is 0 Å².